The summed E-state index contributed by atoms with van der Waals surface area (Å²) in [6, 6.07) is 0. The smallest absolute Gasteiger partial charge is 0.302 e. The molecule has 0 aromatic rings. The van der Waals surface area contributed by atoms with Gasteiger partial charge in [0.25, 0.3) is 0 Å². The van der Waals surface area contributed by atoms with Crippen molar-refractivity contribution in [2.24, 2.45) is 56.7 Å². The van der Waals surface area contributed by atoms with Gasteiger partial charge in [-0.05, 0) is 109 Å². The third-order valence-electron chi connectivity index (χ3n) is 13.3. The second-order valence-corrected chi connectivity index (χ2v) is 15.2. The molecule has 4 saturated carbocycles. The first-order valence-electron chi connectivity index (χ1n) is 14.6. The molecule has 0 aliphatic heterocycles. The van der Waals surface area contributed by atoms with E-state index in [0.29, 0.717) is 27.6 Å². The van der Waals surface area contributed by atoms with E-state index in [4.69, 9.17) is 4.74 Å². The van der Waals surface area contributed by atoms with Crippen LogP contribution in [0.5, 0.6) is 0 Å². The van der Waals surface area contributed by atoms with E-state index in [1.54, 1.807) is 6.92 Å². The quantitative estimate of drug-likeness (QED) is 0.299. The highest BCUT2D eigenvalue weighted by Gasteiger charge is 2.68. The van der Waals surface area contributed by atoms with Crippen LogP contribution < -0.4 is 0 Å². The minimum atomic E-state index is -0.109. The summed E-state index contributed by atoms with van der Waals surface area (Å²) in [6.45, 7) is 22.0. The molecule has 9 unspecified atom stereocenters. The zero-order valence-corrected chi connectivity index (χ0v) is 23.7. The number of hydrogen-bond donors (Lipinski definition) is 0. The molecule has 0 N–H and O–H groups in total. The number of carbonyl (C=O) groups excluding carboxylic acids is 1. The standard InChI is InChI=1S/C32H52O2/c1-20(2)32-18-10-21(3)27(32)31(9)16-12-24-29(7)17-14-26(34-22(4)33)28(5,6)23(29)11-15-30(24,8)25(31)13-19-32/h13,20-21,23-24,26-27H,10-12,14-19H2,1-9H3. The number of ether oxygens (including phenoxy) is 1. The maximum Gasteiger partial charge on any atom is 0.302 e. The van der Waals surface area contributed by atoms with Crippen molar-refractivity contribution in [3.05, 3.63) is 11.6 Å². The SMILES string of the molecule is CC(=O)OC1CCC2(C)C3CCC4(C)C(=CCC5(C(C)C)CCC(C)C45)C3(C)CCC2C1(C)C. The van der Waals surface area contributed by atoms with Crippen LogP contribution in [-0.2, 0) is 9.53 Å². The number of allylic oxidation sites excluding steroid dienone is 2. The molecule has 5 rings (SSSR count). The molecule has 0 heterocycles. The fourth-order valence-electron chi connectivity index (χ4n) is 12.0. The third kappa shape index (κ3) is 3.01. The highest BCUT2D eigenvalue weighted by Crippen LogP contribution is 2.76. The number of fused-ring (bicyclic) bond motifs is 7. The average Bonchev–Trinajstić information content (AvgIpc) is 3.09. The summed E-state index contributed by atoms with van der Waals surface area (Å²) in [5.41, 5.74) is 3.47. The van der Waals surface area contributed by atoms with Gasteiger partial charge in [-0.2, -0.15) is 0 Å². The van der Waals surface area contributed by atoms with E-state index in [0.717, 1.165) is 30.1 Å². The van der Waals surface area contributed by atoms with Crippen LogP contribution in [0.15, 0.2) is 11.6 Å². The molecule has 34 heavy (non-hydrogen) atoms. The largest absolute Gasteiger partial charge is 0.462 e. The zero-order valence-electron chi connectivity index (χ0n) is 23.7. The van der Waals surface area contributed by atoms with Crippen LogP contribution in [0.25, 0.3) is 0 Å². The Morgan fingerprint density at radius 3 is 2.21 bits per heavy atom. The summed E-state index contributed by atoms with van der Waals surface area (Å²) in [5, 5.41) is 0. The van der Waals surface area contributed by atoms with Gasteiger partial charge in [-0.15, -0.1) is 0 Å². The van der Waals surface area contributed by atoms with Gasteiger partial charge in [0.1, 0.15) is 6.10 Å². The van der Waals surface area contributed by atoms with Gasteiger partial charge >= 0.3 is 5.97 Å². The van der Waals surface area contributed by atoms with Crippen molar-refractivity contribution < 1.29 is 9.53 Å². The predicted molar refractivity (Wildman–Crippen MR) is 140 cm³/mol. The fraction of sp³-hybridized carbons (Fsp3) is 0.906. The Labute approximate surface area is 210 Å². The van der Waals surface area contributed by atoms with Gasteiger partial charge in [-0.25, -0.2) is 0 Å². The summed E-state index contributed by atoms with van der Waals surface area (Å²) in [6.07, 6.45) is 14.6. The first-order chi connectivity index (χ1) is 15.7. The molecule has 9 atom stereocenters. The van der Waals surface area contributed by atoms with E-state index in [1.165, 1.54) is 51.4 Å². The molecule has 0 saturated heterocycles. The second-order valence-electron chi connectivity index (χ2n) is 15.2. The van der Waals surface area contributed by atoms with Crippen LogP contribution in [0.2, 0.25) is 0 Å². The molecular formula is C32H52O2. The Morgan fingerprint density at radius 2 is 1.56 bits per heavy atom. The number of hydrogen-bond acceptors (Lipinski definition) is 2. The summed E-state index contributed by atoms with van der Waals surface area (Å²) < 4.78 is 5.91. The monoisotopic (exact) mass is 468 g/mol. The van der Waals surface area contributed by atoms with Crippen LogP contribution >= 0.6 is 0 Å². The molecule has 192 valence electrons. The predicted octanol–water partition coefficient (Wildman–Crippen LogP) is 8.60. The van der Waals surface area contributed by atoms with E-state index >= 15 is 0 Å². The van der Waals surface area contributed by atoms with Crippen molar-refractivity contribution in [3.63, 3.8) is 0 Å². The molecule has 0 bridgehead atoms. The molecule has 0 amide bonds. The van der Waals surface area contributed by atoms with Crippen molar-refractivity contribution in [2.45, 2.75) is 126 Å². The number of esters is 1. The number of rotatable bonds is 2. The van der Waals surface area contributed by atoms with E-state index in [-0.39, 0.29) is 17.5 Å². The molecule has 2 nitrogen and oxygen atoms in total. The maximum atomic E-state index is 11.9. The molecule has 5 aliphatic rings. The topological polar surface area (TPSA) is 26.3 Å². The molecule has 0 aromatic heterocycles. The van der Waals surface area contributed by atoms with Crippen molar-refractivity contribution in [3.8, 4) is 0 Å². The van der Waals surface area contributed by atoms with Gasteiger partial charge in [0.05, 0.1) is 0 Å². The molecule has 4 fully saturated rings. The van der Waals surface area contributed by atoms with Crippen molar-refractivity contribution in [1.29, 1.82) is 0 Å². The summed E-state index contributed by atoms with van der Waals surface area (Å²) in [5.74, 6) is 3.74. The Morgan fingerprint density at radius 1 is 0.912 bits per heavy atom. The van der Waals surface area contributed by atoms with Crippen LogP contribution in [0.4, 0.5) is 0 Å². The average molecular weight is 469 g/mol. The lowest BCUT2D eigenvalue weighted by atomic mass is 9.35. The normalized spacial score (nSPS) is 51.6. The molecule has 2 heteroatoms. The molecule has 5 aliphatic carbocycles. The third-order valence-corrected chi connectivity index (χ3v) is 13.3. The highest BCUT2D eigenvalue weighted by atomic mass is 16.5. The summed E-state index contributed by atoms with van der Waals surface area (Å²) in [7, 11) is 0. The van der Waals surface area contributed by atoms with Crippen molar-refractivity contribution in [2.75, 3.05) is 0 Å². The highest BCUT2D eigenvalue weighted by molar-refractivity contribution is 5.66. The van der Waals surface area contributed by atoms with Gasteiger partial charge in [0.15, 0.2) is 0 Å². The lowest BCUT2D eigenvalue weighted by Gasteiger charge is -2.69. The van der Waals surface area contributed by atoms with Crippen LogP contribution in [0.3, 0.4) is 0 Å². The van der Waals surface area contributed by atoms with Gasteiger partial charge in [-0.1, -0.05) is 67.0 Å². The Kier molecular flexibility index (Phi) is 5.57. The Balaban J connectivity index is 1.53. The van der Waals surface area contributed by atoms with Crippen molar-refractivity contribution >= 4 is 5.97 Å². The number of carbonyl (C=O) groups is 1. The fourth-order valence-corrected chi connectivity index (χ4v) is 12.0. The molecule has 0 radical (unpaired) electrons. The van der Waals surface area contributed by atoms with E-state index in [9.17, 15) is 4.79 Å². The van der Waals surface area contributed by atoms with Gasteiger partial charge in [-0.3, -0.25) is 4.79 Å². The summed E-state index contributed by atoms with van der Waals surface area (Å²) in [4.78, 5) is 11.9. The van der Waals surface area contributed by atoms with Crippen LogP contribution in [0.1, 0.15) is 120 Å². The Bertz CT molecular complexity index is 883. The van der Waals surface area contributed by atoms with E-state index in [2.05, 4.69) is 61.5 Å². The molecule has 0 aromatic carbocycles. The minimum Gasteiger partial charge on any atom is -0.462 e. The minimum absolute atomic E-state index is 0.0501. The van der Waals surface area contributed by atoms with E-state index in [1.807, 2.05) is 5.57 Å². The van der Waals surface area contributed by atoms with Crippen molar-refractivity contribution in [1.82, 2.24) is 0 Å². The van der Waals surface area contributed by atoms with E-state index < -0.39 is 0 Å². The van der Waals surface area contributed by atoms with Gasteiger partial charge in [0.2, 0.25) is 0 Å². The zero-order chi connectivity index (χ0) is 24.9. The van der Waals surface area contributed by atoms with Crippen LogP contribution in [0, 0.1) is 56.7 Å². The summed E-state index contributed by atoms with van der Waals surface area (Å²) >= 11 is 0. The van der Waals surface area contributed by atoms with Gasteiger partial charge in [0, 0.05) is 12.3 Å². The Hall–Kier alpha value is -0.790. The lowest BCUT2D eigenvalue weighted by molar-refractivity contribution is -0.198. The lowest BCUT2D eigenvalue weighted by Crippen LogP contribution is -2.63. The van der Waals surface area contributed by atoms with Crippen LogP contribution in [-0.4, -0.2) is 12.1 Å². The first-order valence-corrected chi connectivity index (χ1v) is 14.6. The maximum absolute atomic E-state index is 11.9. The first kappa shape index (κ1) is 24.9. The molecular weight excluding hydrogens is 416 g/mol. The van der Waals surface area contributed by atoms with Gasteiger partial charge < -0.3 is 4.74 Å². The second kappa shape index (κ2) is 7.61. The molecule has 0 spiro atoms.